The number of nitrogens with one attached hydrogen (secondary N) is 1. The van der Waals surface area contributed by atoms with Crippen molar-refractivity contribution in [2.75, 3.05) is 5.32 Å². The van der Waals surface area contributed by atoms with Crippen LogP contribution in [0, 0.1) is 0 Å². The Morgan fingerprint density at radius 1 is 0.905 bits per heavy atom. The fourth-order valence-electron chi connectivity index (χ4n) is 2.72. The molecule has 1 N–H and O–H groups in total. The summed E-state index contributed by atoms with van der Waals surface area (Å²) >= 11 is 0. The average molecular weight is 277 g/mol. The van der Waals surface area contributed by atoms with Gasteiger partial charge in [0.05, 0.1) is 0 Å². The highest BCUT2D eigenvalue weighted by molar-refractivity contribution is 5.67. The molecule has 0 aromatic heterocycles. The number of allylic oxidation sites excluding steroid dienone is 1. The maximum absolute atomic E-state index is 3.50. The Bertz CT molecular complexity index is 657. The van der Waals surface area contributed by atoms with Crippen LogP contribution in [-0.4, -0.2) is 0 Å². The first-order valence-corrected chi connectivity index (χ1v) is 7.69. The standard InChI is InChI=1S/C20H23N/c1-20(2,3)17-9-12-18(13-10-17)21-19-11-8-15-6-4-5-7-16(15)14-19/h5,7-14,21H,4,6H2,1-3H3. The predicted molar refractivity (Wildman–Crippen MR) is 92.2 cm³/mol. The van der Waals surface area contributed by atoms with E-state index in [0.717, 1.165) is 24.2 Å². The van der Waals surface area contributed by atoms with Gasteiger partial charge in [-0.2, -0.15) is 0 Å². The highest BCUT2D eigenvalue weighted by atomic mass is 14.9. The zero-order valence-electron chi connectivity index (χ0n) is 13.1. The molecule has 0 saturated heterocycles. The van der Waals surface area contributed by atoms with E-state index in [9.17, 15) is 0 Å². The molecule has 0 heterocycles. The summed E-state index contributed by atoms with van der Waals surface area (Å²) in [6.45, 7) is 6.72. The highest BCUT2D eigenvalue weighted by Crippen LogP contribution is 2.27. The van der Waals surface area contributed by atoms with Gasteiger partial charge in [0.1, 0.15) is 0 Å². The highest BCUT2D eigenvalue weighted by Gasteiger charge is 2.12. The van der Waals surface area contributed by atoms with E-state index >= 15 is 0 Å². The number of rotatable bonds is 2. The second kappa shape index (κ2) is 5.40. The van der Waals surface area contributed by atoms with Crippen molar-refractivity contribution in [2.45, 2.75) is 39.0 Å². The second-order valence-electron chi connectivity index (χ2n) is 6.81. The zero-order chi connectivity index (χ0) is 14.9. The minimum absolute atomic E-state index is 0.204. The van der Waals surface area contributed by atoms with Gasteiger partial charge in [0.2, 0.25) is 0 Å². The summed E-state index contributed by atoms with van der Waals surface area (Å²) in [4.78, 5) is 0. The van der Waals surface area contributed by atoms with Crippen LogP contribution in [0.1, 0.15) is 43.9 Å². The fraction of sp³-hybridized carbons (Fsp3) is 0.300. The molecule has 1 heteroatoms. The third-order valence-electron chi connectivity index (χ3n) is 4.06. The van der Waals surface area contributed by atoms with Gasteiger partial charge in [0.15, 0.2) is 0 Å². The van der Waals surface area contributed by atoms with Crippen molar-refractivity contribution < 1.29 is 0 Å². The molecule has 2 aromatic carbocycles. The van der Waals surface area contributed by atoms with Gasteiger partial charge in [-0.25, -0.2) is 0 Å². The van der Waals surface area contributed by atoms with Crippen molar-refractivity contribution in [1.82, 2.24) is 0 Å². The van der Waals surface area contributed by atoms with E-state index in [1.165, 1.54) is 16.7 Å². The van der Waals surface area contributed by atoms with Crippen molar-refractivity contribution >= 4 is 17.5 Å². The minimum Gasteiger partial charge on any atom is -0.356 e. The summed E-state index contributed by atoms with van der Waals surface area (Å²) < 4.78 is 0. The Balaban J connectivity index is 1.79. The summed E-state index contributed by atoms with van der Waals surface area (Å²) in [5.41, 5.74) is 6.66. The van der Waals surface area contributed by atoms with Crippen LogP contribution in [0.5, 0.6) is 0 Å². The van der Waals surface area contributed by atoms with Gasteiger partial charge in [-0.05, 0) is 59.2 Å². The quantitative estimate of drug-likeness (QED) is 0.744. The molecular formula is C20H23N. The summed E-state index contributed by atoms with van der Waals surface area (Å²) in [7, 11) is 0. The number of aryl methyl sites for hydroxylation is 1. The third-order valence-corrected chi connectivity index (χ3v) is 4.06. The van der Waals surface area contributed by atoms with Crippen molar-refractivity contribution in [1.29, 1.82) is 0 Å². The first kappa shape index (κ1) is 13.9. The number of anilines is 2. The van der Waals surface area contributed by atoms with Crippen LogP contribution in [0.25, 0.3) is 6.08 Å². The lowest BCUT2D eigenvalue weighted by molar-refractivity contribution is 0.590. The monoisotopic (exact) mass is 277 g/mol. The number of fused-ring (bicyclic) bond motifs is 1. The first-order valence-electron chi connectivity index (χ1n) is 7.69. The summed E-state index contributed by atoms with van der Waals surface area (Å²) in [6.07, 6.45) is 6.80. The maximum atomic E-state index is 3.50. The van der Waals surface area contributed by atoms with Gasteiger partial charge < -0.3 is 5.32 Å². The summed E-state index contributed by atoms with van der Waals surface area (Å²) in [6, 6.07) is 15.4. The van der Waals surface area contributed by atoms with Crippen molar-refractivity contribution in [3.05, 3.63) is 65.2 Å². The molecule has 0 unspecified atom stereocenters. The lowest BCUT2D eigenvalue weighted by Gasteiger charge is -2.19. The van der Waals surface area contributed by atoms with Crippen LogP contribution in [0.15, 0.2) is 48.5 Å². The molecule has 0 aliphatic heterocycles. The van der Waals surface area contributed by atoms with Crippen LogP contribution >= 0.6 is 0 Å². The van der Waals surface area contributed by atoms with E-state index in [1.807, 2.05) is 0 Å². The van der Waals surface area contributed by atoms with Gasteiger partial charge in [-0.15, -0.1) is 0 Å². The molecule has 0 bridgehead atoms. The topological polar surface area (TPSA) is 12.0 Å². The molecule has 0 saturated carbocycles. The number of benzene rings is 2. The van der Waals surface area contributed by atoms with E-state index in [2.05, 4.69) is 80.7 Å². The Morgan fingerprint density at radius 2 is 1.62 bits per heavy atom. The van der Waals surface area contributed by atoms with Gasteiger partial charge in [-0.1, -0.05) is 51.1 Å². The molecule has 0 radical (unpaired) electrons. The SMILES string of the molecule is CC(C)(C)c1ccc(Nc2ccc3c(c2)C=CCC3)cc1. The van der Waals surface area contributed by atoms with Crippen LogP contribution < -0.4 is 5.32 Å². The van der Waals surface area contributed by atoms with E-state index in [1.54, 1.807) is 0 Å². The fourth-order valence-corrected chi connectivity index (χ4v) is 2.72. The predicted octanol–water partition coefficient (Wildman–Crippen LogP) is 5.69. The first-order chi connectivity index (χ1) is 10.0. The normalized spacial score (nSPS) is 13.9. The molecule has 0 fully saturated rings. The molecule has 0 spiro atoms. The Labute approximate surface area is 127 Å². The molecule has 1 aliphatic rings. The van der Waals surface area contributed by atoms with Crippen LogP contribution in [0.4, 0.5) is 11.4 Å². The van der Waals surface area contributed by atoms with E-state index in [4.69, 9.17) is 0 Å². The molecule has 1 nitrogen and oxygen atoms in total. The molecule has 0 amide bonds. The zero-order valence-corrected chi connectivity index (χ0v) is 13.1. The minimum atomic E-state index is 0.204. The summed E-state index contributed by atoms with van der Waals surface area (Å²) in [5.74, 6) is 0. The molecule has 108 valence electrons. The van der Waals surface area contributed by atoms with Crippen molar-refractivity contribution in [3.63, 3.8) is 0 Å². The van der Waals surface area contributed by atoms with Gasteiger partial charge in [0, 0.05) is 11.4 Å². The molecular weight excluding hydrogens is 254 g/mol. The summed E-state index contributed by atoms with van der Waals surface area (Å²) in [5, 5.41) is 3.50. The molecule has 0 atom stereocenters. The smallest absolute Gasteiger partial charge is 0.0390 e. The molecule has 21 heavy (non-hydrogen) atoms. The molecule has 1 aliphatic carbocycles. The van der Waals surface area contributed by atoms with Crippen molar-refractivity contribution in [2.24, 2.45) is 0 Å². The lowest BCUT2D eigenvalue weighted by atomic mass is 9.87. The second-order valence-corrected chi connectivity index (χ2v) is 6.81. The van der Waals surface area contributed by atoms with Gasteiger partial charge in [-0.3, -0.25) is 0 Å². The Kier molecular flexibility index (Phi) is 3.59. The Hall–Kier alpha value is -2.02. The Morgan fingerprint density at radius 3 is 2.33 bits per heavy atom. The van der Waals surface area contributed by atoms with Gasteiger partial charge >= 0.3 is 0 Å². The van der Waals surface area contributed by atoms with E-state index < -0.39 is 0 Å². The van der Waals surface area contributed by atoms with Crippen LogP contribution in [0.2, 0.25) is 0 Å². The average Bonchev–Trinajstić information content (AvgIpc) is 2.47. The number of hydrogen-bond acceptors (Lipinski definition) is 1. The molecule has 2 aromatic rings. The van der Waals surface area contributed by atoms with E-state index in [0.29, 0.717) is 0 Å². The lowest BCUT2D eigenvalue weighted by Crippen LogP contribution is -2.10. The maximum Gasteiger partial charge on any atom is 0.0390 e. The molecule has 3 rings (SSSR count). The van der Waals surface area contributed by atoms with E-state index in [-0.39, 0.29) is 5.41 Å². The number of hydrogen-bond donors (Lipinski definition) is 1. The third kappa shape index (κ3) is 3.18. The van der Waals surface area contributed by atoms with Crippen molar-refractivity contribution in [3.8, 4) is 0 Å². The largest absolute Gasteiger partial charge is 0.356 e. The van der Waals surface area contributed by atoms with Gasteiger partial charge in [0.25, 0.3) is 0 Å². The van der Waals surface area contributed by atoms with Crippen LogP contribution in [0.3, 0.4) is 0 Å². The van der Waals surface area contributed by atoms with Crippen LogP contribution in [-0.2, 0) is 11.8 Å².